The van der Waals surface area contributed by atoms with E-state index in [2.05, 4.69) is 37.4 Å². The smallest absolute Gasteiger partial charge is 0.220 e. The van der Waals surface area contributed by atoms with Gasteiger partial charge in [-0.3, -0.25) is 9.78 Å². The molecule has 1 amide bonds. The molecule has 2 aromatic rings. The van der Waals surface area contributed by atoms with Gasteiger partial charge in [0, 0.05) is 51.1 Å². The van der Waals surface area contributed by atoms with Gasteiger partial charge in [0.2, 0.25) is 5.91 Å². The van der Waals surface area contributed by atoms with Crippen LogP contribution in [0.15, 0.2) is 36.9 Å². The van der Waals surface area contributed by atoms with Gasteiger partial charge >= 0.3 is 0 Å². The van der Waals surface area contributed by atoms with Crippen molar-refractivity contribution in [3.05, 3.63) is 42.5 Å². The molecule has 7 heteroatoms. The number of rotatable bonds is 10. The molecule has 3 rings (SSSR count). The summed E-state index contributed by atoms with van der Waals surface area (Å²) in [5.41, 5.74) is 1.20. The molecule has 0 bridgehead atoms. The Bertz CT molecular complexity index is 746. The van der Waals surface area contributed by atoms with Crippen molar-refractivity contribution in [2.45, 2.75) is 45.4 Å². The maximum absolute atomic E-state index is 12.1. The number of aromatic nitrogens is 3. The molecule has 3 heterocycles. The number of amides is 1. The first-order valence-corrected chi connectivity index (χ1v) is 10.7. The highest BCUT2D eigenvalue weighted by molar-refractivity contribution is 5.75. The summed E-state index contributed by atoms with van der Waals surface area (Å²) in [6, 6.07) is 6.01. The summed E-state index contributed by atoms with van der Waals surface area (Å²) >= 11 is 0. The first-order valence-electron chi connectivity index (χ1n) is 10.7. The number of piperidine rings is 1. The van der Waals surface area contributed by atoms with Crippen molar-refractivity contribution < 1.29 is 4.79 Å². The summed E-state index contributed by atoms with van der Waals surface area (Å²) in [7, 11) is 0. The third kappa shape index (κ3) is 7.00. The monoisotopic (exact) mass is 396 g/mol. The average molecular weight is 397 g/mol. The summed E-state index contributed by atoms with van der Waals surface area (Å²) in [5, 5.41) is 6.35. The Balaban J connectivity index is 1.34. The number of carbonyl (C=O) groups excluding carboxylic acids is 1. The third-order valence-electron chi connectivity index (χ3n) is 5.41. The van der Waals surface area contributed by atoms with E-state index in [0.717, 1.165) is 63.4 Å². The molecule has 1 aliphatic heterocycles. The molecule has 2 N–H and O–H groups in total. The second-order valence-corrected chi connectivity index (χ2v) is 7.61. The van der Waals surface area contributed by atoms with Gasteiger partial charge in [-0.1, -0.05) is 6.92 Å². The van der Waals surface area contributed by atoms with Gasteiger partial charge < -0.3 is 15.5 Å². The minimum atomic E-state index is 0.156. The molecule has 0 unspecified atom stereocenters. The van der Waals surface area contributed by atoms with E-state index in [-0.39, 0.29) is 5.91 Å². The van der Waals surface area contributed by atoms with E-state index in [0.29, 0.717) is 18.9 Å². The quantitative estimate of drug-likeness (QED) is 0.642. The van der Waals surface area contributed by atoms with Crippen LogP contribution in [0.2, 0.25) is 0 Å². The Morgan fingerprint density at radius 1 is 1.17 bits per heavy atom. The lowest BCUT2D eigenvalue weighted by molar-refractivity contribution is -0.121. The molecule has 1 fully saturated rings. The molecular formula is C22H32N6O. The molecule has 2 aromatic heterocycles. The zero-order valence-corrected chi connectivity index (χ0v) is 17.3. The van der Waals surface area contributed by atoms with Gasteiger partial charge in [0.1, 0.15) is 18.0 Å². The van der Waals surface area contributed by atoms with Gasteiger partial charge in [-0.25, -0.2) is 9.97 Å². The molecule has 1 aliphatic rings. The van der Waals surface area contributed by atoms with Crippen molar-refractivity contribution in [1.82, 2.24) is 20.3 Å². The Morgan fingerprint density at radius 3 is 2.72 bits per heavy atom. The van der Waals surface area contributed by atoms with Crippen LogP contribution >= 0.6 is 0 Å². The topological polar surface area (TPSA) is 83.0 Å². The van der Waals surface area contributed by atoms with E-state index < -0.39 is 0 Å². The molecule has 7 nitrogen and oxygen atoms in total. The van der Waals surface area contributed by atoms with Crippen molar-refractivity contribution in [1.29, 1.82) is 0 Å². The number of hydrogen-bond acceptors (Lipinski definition) is 6. The van der Waals surface area contributed by atoms with Crippen LogP contribution in [0.5, 0.6) is 0 Å². The standard InChI is InChI=1S/C22H32N6O/c1-2-10-24-20-16-21(27-17-26-20)28-14-8-18(9-15-28)3-4-22(29)25-13-7-19-5-11-23-12-6-19/h5-6,11-12,16-18H,2-4,7-10,13-15H2,1H3,(H,25,29)(H,24,26,27). The van der Waals surface area contributed by atoms with Crippen LogP contribution < -0.4 is 15.5 Å². The van der Waals surface area contributed by atoms with Crippen molar-refractivity contribution in [3.63, 3.8) is 0 Å². The fourth-order valence-electron chi connectivity index (χ4n) is 3.64. The highest BCUT2D eigenvalue weighted by Crippen LogP contribution is 2.25. The van der Waals surface area contributed by atoms with Crippen LogP contribution in [0.4, 0.5) is 11.6 Å². The summed E-state index contributed by atoms with van der Waals surface area (Å²) in [6.07, 6.45) is 10.9. The molecule has 0 atom stereocenters. The number of carbonyl (C=O) groups is 1. The van der Waals surface area contributed by atoms with Crippen LogP contribution in [-0.4, -0.2) is 47.0 Å². The van der Waals surface area contributed by atoms with Crippen molar-refractivity contribution in [2.24, 2.45) is 5.92 Å². The highest BCUT2D eigenvalue weighted by atomic mass is 16.1. The molecule has 0 aliphatic carbocycles. The molecule has 29 heavy (non-hydrogen) atoms. The first-order chi connectivity index (χ1) is 14.2. The van der Waals surface area contributed by atoms with E-state index >= 15 is 0 Å². The summed E-state index contributed by atoms with van der Waals surface area (Å²) < 4.78 is 0. The zero-order valence-electron chi connectivity index (χ0n) is 17.3. The fraction of sp³-hybridized carbons (Fsp3) is 0.545. The van der Waals surface area contributed by atoms with Crippen LogP contribution in [0.3, 0.4) is 0 Å². The Morgan fingerprint density at radius 2 is 1.97 bits per heavy atom. The van der Waals surface area contributed by atoms with E-state index in [1.54, 1.807) is 18.7 Å². The second kappa shape index (κ2) is 11.3. The second-order valence-electron chi connectivity index (χ2n) is 7.61. The minimum absolute atomic E-state index is 0.156. The maximum atomic E-state index is 12.1. The summed E-state index contributed by atoms with van der Waals surface area (Å²) in [5.74, 6) is 2.65. The minimum Gasteiger partial charge on any atom is -0.370 e. The third-order valence-corrected chi connectivity index (χ3v) is 5.41. The van der Waals surface area contributed by atoms with Crippen LogP contribution in [0.1, 0.15) is 44.6 Å². The van der Waals surface area contributed by atoms with Crippen LogP contribution in [-0.2, 0) is 11.2 Å². The molecular weight excluding hydrogens is 364 g/mol. The predicted molar refractivity (Wildman–Crippen MR) is 116 cm³/mol. The number of hydrogen-bond donors (Lipinski definition) is 2. The largest absolute Gasteiger partial charge is 0.370 e. The fourth-order valence-corrected chi connectivity index (χ4v) is 3.64. The Hall–Kier alpha value is -2.70. The van der Waals surface area contributed by atoms with Gasteiger partial charge in [0.15, 0.2) is 0 Å². The van der Waals surface area contributed by atoms with Crippen molar-refractivity contribution >= 4 is 17.5 Å². The van der Waals surface area contributed by atoms with E-state index in [1.807, 2.05) is 18.2 Å². The van der Waals surface area contributed by atoms with Gasteiger partial charge in [-0.15, -0.1) is 0 Å². The Kier molecular flexibility index (Phi) is 8.22. The van der Waals surface area contributed by atoms with E-state index in [9.17, 15) is 4.79 Å². The summed E-state index contributed by atoms with van der Waals surface area (Å²) in [6.45, 7) is 5.71. The van der Waals surface area contributed by atoms with Gasteiger partial charge in [-0.2, -0.15) is 0 Å². The lowest BCUT2D eigenvalue weighted by Gasteiger charge is -2.32. The van der Waals surface area contributed by atoms with E-state index in [1.165, 1.54) is 5.56 Å². The van der Waals surface area contributed by atoms with Crippen LogP contribution in [0.25, 0.3) is 0 Å². The highest BCUT2D eigenvalue weighted by Gasteiger charge is 2.21. The number of anilines is 2. The lowest BCUT2D eigenvalue weighted by atomic mass is 9.92. The molecule has 0 aromatic carbocycles. The summed E-state index contributed by atoms with van der Waals surface area (Å²) in [4.78, 5) is 27.2. The SMILES string of the molecule is CCCNc1cc(N2CCC(CCC(=O)NCCc3ccncc3)CC2)ncn1. The lowest BCUT2D eigenvalue weighted by Crippen LogP contribution is -2.35. The van der Waals surface area contributed by atoms with Gasteiger partial charge in [0.05, 0.1) is 0 Å². The molecule has 1 saturated heterocycles. The number of nitrogens with one attached hydrogen (secondary N) is 2. The Labute approximate surface area is 173 Å². The maximum Gasteiger partial charge on any atom is 0.220 e. The van der Waals surface area contributed by atoms with Crippen LogP contribution in [0, 0.1) is 5.92 Å². The molecule has 0 spiro atoms. The molecule has 0 radical (unpaired) electrons. The van der Waals surface area contributed by atoms with Gasteiger partial charge in [0.25, 0.3) is 0 Å². The van der Waals surface area contributed by atoms with E-state index in [4.69, 9.17) is 0 Å². The first kappa shape index (κ1) is 21.0. The van der Waals surface area contributed by atoms with Crippen molar-refractivity contribution in [2.75, 3.05) is 36.4 Å². The predicted octanol–water partition coefficient (Wildman–Crippen LogP) is 3.05. The normalized spacial score (nSPS) is 14.6. The zero-order chi connectivity index (χ0) is 20.3. The number of pyridine rings is 1. The van der Waals surface area contributed by atoms with Gasteiger partial charge in [-0.05, 0) is 55.7 Å². The molecule has 156 valence electrons. The molecule has 0 saturated carbocycles. The number of nitrogens with zero attached hydrogens (tertiary/aromatic N) is 4. The average Bonchev–Trinajstić information content (AvgIpc) is 2.77. The van der Waals surface area contributed by atoms with Crippen molar-refractivity contribution in [3.8, 4) is 0 Å².